The molecule has 1 N–H and O–H groups in total. The van der Waals surface area contributed by atoms with E-state index in [-0.39, 0.29) is 0 Å². The molecule has 0 bridgehead atoms. The van der Waals surface area contributed by atoms with Gasteiger partial charge >= 0.3 is 0 Å². The third-order valence-electron chi connectivity index (χ3n) is 4.26. The molecule has 0 amide bonds. The molecule has 0 aromatic heterocycles. The summed E-state index contributed by atoms with van der Waals surface area (Å²) in [5.74, 6) is 2.35. The molecule has 0 radical (unpaired) electrons. The van der Waals surface area contributed by atoms with Crippen molar-refractivity contribution >= 4 is 0 Å². The Hall–Kier alpha value is -2.98. The molecule has 0 saturated heterocycles. The van der Waals surface area contributed by atoms with E-state index in [1.54, 1.807) is 0 Å². The largest absolute Gasteiger partial charge is 0.490 e. The summed E-state index contributed by atoms with van der Waals surface area (Å²) in [4.78, 5) is 0. The molecule has 0 fully saturated rings. The first-order valence-corrected chi connectivity index (χ1v) is 9.62. The van der Waals surface area contributed by atoms with Gasteiger partial charge in [0.1, 0.15) is 19.0 Å². The van der Waals surface area contributed by atoms with E-state index < -0.39 is 0 Å². The molecule has 3 aromatic rings. The van der Waals surface area contributed by atoms with Crippen molar-refractivity contribution < 1.29 is 14.2 Å². The molecule has 3 aromatic carbocycles. The molecule has 0 heterocycles. The number of hydrogen-bond donors (Lipinski definition) is 1. The van der Waals surface area contributed by atoms with Crippen LogP contribution in [0.3, 0.4) is 0 Å². The van der Waals surface area contributed by atoms with Gasteiger partial charge in [0.25, 0.3) is 0 Å². The molecule has 3 rings (SSSR count). The van der Waals surface area contributed by atoms with Gasteiger partial charge in [-0.1, -0.05) is 54.6 Å². The standard InChI is InChI=1S/C24H27NO3/c1-3-26-24-17-19(18-25-2)13-14-23(24)28-16-15-27-22-12-8-7-11-21(22)20-9-5-4-6-10-20/h4-14,17,25H,3,15-16,18H2,1-2H3. The van der Waals surface area contributed by atoms with Gasteiger partial charge in [-0.15, -0.1) is 0 Å². The van der Waals surface area contributed by atoms with Crippen LogP contribution in [0.5, 0.6) is 17.2 Å². The number of ether oxygens (including phenoxy) is 3. The van der Waals surface area contributed by atoms with E-state index in [2.05, 4.69) is 23.5 Å². The molecule has 4 nitrogen and oxygen atoms in total. The highest BCUT2D eigenvalue weighted by Gasteiger charge is 2.08. The van der Waals surface area contributed by atoms with Crippen LogP contribution >= 0.6 is 0 Å². The Balaban J connectivity index is 1.61. The molecular weight excluding hydrogens is 350 g/mol. The van der Waals surface area contributed by atoms with Crippen LogP contribution in [0.15, 0.2) is 72.8 Å². The average molecular weight is 377 g/mol. The molecule has 28 heavy (non-hydrogen) atoms. The lowest BCUT2D eigenvalue weighted by Crippen LogP contribution is -2.11. The number of nitrogens with one attached hydrogen (secondary N) is 1. The number of rotatable bonds is 10. The molecule has 0 aliphatic carbocycles. The SMILES string of the molecule is CCOc1cc(CNC)ccc1OCCOc1ccccc1-c1ccccc1. The van der Waals surface area contributed by atoms with Crippen LogP contribution < -0.4 is 19.5 Å². The summed E-state index contributed by atoms with van der Waals surface area (Å²) < 4.78 is 17.6. The second-order valence-corrected chi connectivity index (χ2v) is 6.30. The highest BCUT2D eigenvalue weighted by Crippen LogP contribution is 2.30. The van der Waals surface area contributed by atoms with E-state index in [4.69, 9.17) is 14.2 Å². The maximum atomic E-state index is 6.00. The van der Waals surface area contributed by atoms with E-state index in [0.29, 0.717) is 19.8 Å². The van der Waals surface area contributed by atoms with E-state index in [9.17, 15) is 0 Å². The van der Waals surface area contributed by atoms with Crippen molar-refractivity contribution in [3.63, 3.8) is 0 Å². The van der Waals surface area contributed by atoms with Crippen molar-refractivity contribution in [2.24, 2.45) is 0 Å². The van der Waals surface area contributed by atoms with Crippen LogP contribution in [-0.2, 0) is 6.54 Å². The third-order valence-corrected chi connectivity index (χ3v) is 4.26. The molecule has 0 aliphatic rings. The van der Waals surface area contributed by atoms with Gasteiger partial charge in [-0.3, -0.25) is 0 Å². The number of para-hydroxylation sites is 1. The first-order valence-electron chi connectivity index (χ1n) is 9.62. The minimum atomic E-state index is 0.439. The lowest BCUT2D eigenvalue weighted by Gasteiger charge is -2.15. The molecule has 146 valence electrons. The molecule has 0 atom stereocenters. The Bertz CT molecular complexity index is 865. The number of benzene rings is 3. The lowest BCUT2D eigenvalue weighted by molar-refractivity contribution is 0.209. The Morgan fingerprint density at radius 3 is 2.18 bits per heavy atom. The van der Waals surface area contributed by atoms with Gasteiger partial charge in [-0.2, -0.15) is 0 Å². The maximum absolute atomic E-state index is 6.00. The van der Waals surface area contributed by atoms with Crippen LogP contribution in [0, 0.1) is 0 Å². The Morgan fingerprint density at radius 2 is 1.43 bits per heavy atom. The molecule has 0 unspecified atom stereocenters. The van der Waals surface area contributed by atoms with E-state index >= 15 is 0 Å². The highest BCUT2D eigenvalue weighted by molar-refractivity contribution is 5.70. The van der Waals surface area contributed by atoms with E-state index in [0.717, 1.165) is 40.5 Å². The zero-order chi connectivity index (χ0) is 19.6. The third kappa shape index (κ3) is 5.27. The second kappa shape index (κ2) is 10.4. The van der Waals surface area contributed by atoms with Crippen molar-refractivity contribution in [1.29, 1.82) is 0 Å². The summed E-state index contributed by atoms with van der Waals surface area (Å²) in [5.41, 5.74) is 3.37. The van der Waals surface area contributed by atoms with Gasteiger partial charge in [-0.25, -0.2) is 0 Å². The van der Waals surface area contributed by atoms with Gasteiger partial charge in [-0.05, 0) is 43.3 Å². The minimum absolute atomic E-state index is 0.439. The zero-order valence-electron chi connectivity index (χ0n) is 16.5. The maximum Gasteiger partial charge on any atom is 0.161 e. The predicted octanol–water partition coefficient (Wildman–Crippen LogP) is 4.93. The van der Waals surface area contributed by atoms with Crippen molar-refractivity contribution in [2.45, 2.75) is 13.5 Å². The summed E-state index contributed by atoms with van der Waals surface area (Å²) in [6.07, 6.45) is 0. The minimum Gasteiger partial charge on any atom is -0.490 e. The molecule has 4 heteroatoms. The fraction of sp³-hybridized carbons (Fsp3) is 0.250. The van der Waals surface area contributed by atoms with Crippen LogP contribution in [0.2, 0.25) is 0 Å². The van der Waals surface area contributed by atoms with Gasteiger partial charge in [0.2, 0.25) is 0 Å². The Kier molecular flexibility index (Phi) is 7.33. The normalized spacial score (nSPS) is 10.5. The van der Waals surface area contributed by atoms with Crippen LogP contribution in [-0.4, -0.2) is 26.9 Å². The van der Waals surface area contributed by atoms with Crippen molar-refractivity contribution in [3.8, 4) is 28.4 Å². The van der Waals surface area contributed by atoms with E-state index in [1.807, 2.05) is 68.6 Å². The predicted molar refractivity (Wildman–Crippen MR) is 113 cm³/mol. The lowest BCUT2D eigenvalue weighted by atomic mass is 10.1. The summed E-state index contributed by atoms with van der Waals surface area (Å²) in [6.45, 7) is 4.25. The fourth-order valence-corrected chi connectivity index (χ4v) is 3.01. The molecule has 0 spiro atoms. The summed E-state index contributed by atoms with van der Waals surface area (Å²) >= 11 is 0. The quantitative estimate of drug-likeness (QED) is 0.509. The second-order valence-electron chi connectivity index (χ2n) is 6.30. The van der Waals surface area contributed by atoms with Crippen molar-refractivity contribution in [3.05, 3.63) is 78.4 Å². The summed E-state index contributed by atoms with van der Waals surface area (Å²) in [7, 11) is 1.93. The zero-order valence-corrected chi connectivity index (χ0v) is 16.5. The van der Waals surface area contributed by atoms with Crippen molar-refractivity contribution in [2.75, 3.05) is 26.9 Å². The Morgan fingerprint density at radius 1 is 0.714 bits per heavy atom. The highest BCUT2D eigenvalue weighted by atomic mass is 16.5. The fourth-order valence-electron chi connectivity index (χ4n) is 3.01. The molecular formula is C24H27NO3. The topological polar surface area (TPSA) is 39.7 Å². The van der Waals surface area contributed by atoms with Crippen LogP contribution in [0.1, 0.15) is 12.5 Å². The first-order chi connectivity index (χ1) is 13.8. The van der Waals surface area contributed by atoms with Crippen molar-refractivity contribution in [1.82, 2.24) is 5.32 Å². The van der Waals surface area contributed by atoms with Gasteiger partial charge < -0.3 is 19.5 Å². The van der Waals surface area contributed by atoms with Crippen LogP contribution in [0.4, 0.5) is 0 Å². The van der Waals surface area contributed by atoms with Gasteiger partial charge in [0.15, 0.2) is 11.5 Å². The Labute approximate surface area is 167 Å². The smallest absolute Gasteiger partial charge is 0.161 e. The summed E-state index contributed by atoms with van der Waals surface area (Å²) in [6, 6.07) is 24.3. The number of hydrogen-bond acceptors (Lipinski definition) is 4. The first kappa shape index (κ1) is 19.8. The monoisotopic (exact) mass is 377 g/mol. The summed E-state index contributed by atoms with van der Waals surface area (Å²) in [5, 5.41) is 3.15. The van der Waals surface area contributed by atoms with Crippen LogP contribution in [0.25, 0.3) is 11.1 Å². The van der Waals surface area contributed by atoms with Gasteiger partial charge in [0.05, 0.1) is 6.61 Å². The average Bonchev–Trinajstić information content (AvgIpc) is 2.74. The van der Waals surface area contributed by atoms with E-state index in [1.165, 1.54) is 0 Å². The molecule has 0 aliphatic heterocycles. The molecule has 0 saturated carbocycles. The van der Waals surface area contributed by atoms with Gasteiger partial charge in [0, 0.05) is 12.1 Å².